The summed E-state index contributed by atoms with van der Waals surface area (Å²) in [5, 5.41) is 2.54. The first-order valence-electron chi connectivity index (χ1n) is 10.7. The number of hydrogen-bond acceptors (Lipinski definition) is 4. The van der Waals surface area contributed by atoms with Gasteiger partial charge >= 0.3 is 0 Å². The van der Waals surface area contributed by atoms with E-state index in [-0.39, 0.29) is 11.0 Å². The van der Waals surface area contributed by atoms with Crippen LogP contribution < -0.4 is 20.9 Å². The fraction of sp³-hybridized carbons (Fsp3) is 0.192. The molecule has 0 aliphatic carbocycles. The summed E-state index contributed by atoms with van der Waals surface area (Å²) in [5.41, 5.74) is 7.97. The van der Waals surface area contributed by atoms with E-state index in [1.807, 2.05) is 42.5 Å². The van der Waals surface area contributed by atoms with Crippen molar-refractivity contribution in [3.05, 3.63) is 90.0 Å². The van der Waals surface area contributed by atoms with Gasteiger partial charge in [-0.3, -0.25) is 25.8 Å². The Morgan fingerprint density at radius 1 is 0.818 bits per heavy atom. The highest BCUT2D eigenvalue weighted by Gasteiger charge is 2.14. The molecular formula is C26H27N3O3S. The first-order valence-corrected chi connectivity index (χ1v) is 11.1. The van der Waals surface area contributed by atoms with Gasteiger partial charge in [0.15, 0.2) is 5.11 Å². The van der Waals surface area contributed by atoms with Gasteiger partial charge in [0.2, 0.25) is 0 Å². The number of nitrogens with one attached hydrogen (secondary N) is 3. The highest BCUT2D eigenvalue weighted by molar-refractivity contribution is 7.80. The lowest BCUT2D eigenvalue weighted by Crippen LogP contribution is -2.48. The van der Waals surface area contributed by atoms with Gasteiger partial charge in [0.05, 0.1) is 12.2 Å². The summed E-state index contributed by atoms with van der Waals surface area (Å²) in [5.74, 6) is 0.194. The van der Waals surface area contributed by atoms with Gasteiger partial charge in [-0.05, 0) is 59.9 Å². The fourth-order valence-corrected chi connectivity index (χ4v) is 3.16. The van der Waals surface area contributed by atoms with Crippen LogP contribution in [0.2, 0.25) is 0 Å². The van der Waals surface area contributed by atoms with E-state index in [4.69, 9.17) is 17.0 Å². The maximum atomic E-state index is 12.6. The second-order valence-electron chi connectivity index (χ2n) is 7.83. The summed E-state index contributed by atoms with van der Waals surface area (Å²) in [4.78, 5) is 25.0. The van der Waals surface area contributed by atoms with Crippen molar-refractivity contribution in [3.8, 4) is 16.9 Å². The molecule has 0 aliphatic heterocycles. The van der Waals surface area contributed by atoms with Gasteiger partial charge in [-0.25, -0.2) is 0 Å². The second-order valence-corrected chi connectivity index (χ2v) is 8.24. The fourth-order valence-electron chi connectivity index (χ4n) is 3.02. The van der Waals surface area contributed by atoms with Crippen molar-refractivity contribution in [1.82, 2.24) is 16.2 Å². The predicted molar refractivity (Wildman–Crippen MR) is 134 cm³/mol. The third-order valence-corrected chi connectivity index (χ3v) is 5.06. The summed E-state index contributed by atoms with van der Waals surface area (Å²) in [6.45, 7) is 4.74. The molecule has 0 bridgehead atoms. The van der Waals surface area contributed by atoms with E-state index < -0.39 is 5.91 Å². The van der Waals surface area contributed by atoms with Gasteiger partial charge in [0.25, 0.3) is 11.8 Å². The number of hydrazine groups is 1. The summed E-state index contributed by atoms with van der Waals surface area (Å²) in [7, 11) is 0. The zero-order valence-electron chi connectivity index (χ0n) is 18.6. The maximum absolute atomic E-state index is 12.6. The average molecular weight is 462 g/mol. The maximum Gasteiger partial charge on any atom is 0.269 e. The van der Waals surface area contributed by atoms with Crippen molar-refractivity contribution in [2.75, 3.05) is 6.61 Å². The molecule has 3 aromatic carbocycles. The van der Waals surface area contributed by atoms with Gasteiger partial charge in [-0.1, -0.05) is 68.4 Å². The highest BCUT2D eigenvalue weighted by Crippen LogP contribution is 2.20. The summed E-state index contributed by atoms with van der Waals surface area (Å²) >= 11 is 5.15. The lowest BCUT2D eigenvalue weighted by Gasteiger charge is -2.14. The first kappa shape index (κ1) is 23.9. The Morgan fingerprint density at radius 2 is 1.45 bits per heavy atom. The Hall–Kier alpha value is -3.71. The number of thiocarbonyl (C=S) groups is 1. The number of carbonyl (C=O) groups excluding carboxylic acids is 2. The Balaban J connectivity index is 1.52. The molecule has 170 valence electrons. The van der Waals surface area contributed by atoms with Crippen LogP contribution in [0, 0.1) is 5.92 Å². The number of rotatable bonds is 7. The molecule has 0 saturated heterocycles. The highest BCUT2D eigenvalue weighted by atomic mass is 32.1. The van der Waals surface area contributed by atoms with E-state index in [1.54, 1.807) is 36.4 Å². The van der Waals surface area contributed by atoms with E-state index in [9.17, 15) is 9.59 Å². The second kappa shape index (κ2) is 11.8. The van der Waals surface area contributed by atoms with Crippen LogP contribution in [0.15, 0.2) is 78.9 Å². The molecule has 0 heterocycles. The molecule has 0 radical (unpaired) electrons. The quantitative estimate of drug-likeness (QED) is 0.350. The van der Waals surface area contributed by atoms with Crippen molar-refractivity contribution in [2.24, 2.45) is 5.92 Å². The number of amides is 2. The zero-order valence-corrected chi connectivity index (χ0v) is 19.4. The first-order chi connectivity index (χ1) is 15.9. The standard InChI is InChI=1S/C26H27N3O3S/c1-18(2)16-17-32-23-11-7-6-10-22(23)25(31)27-26(33)29-28-24(30)21-14-12-20(13-15-21)19-8-4-3-5-9-19/h3-15,18H,16-17H2,1-2H3,(H,28,30)(H2,27,29,31,33). The average Bonchev–Trinajstić information content (AvgIpc) is 2.83. The lowest BCUT2D eigenvalue weighted by molar-refractivity contribution is 0.0933. The van der Waals surface area contributed by atoms with Crippen molar-refractivity contribution < 1.29 is 14.3 Å². The lowest BCUT2D eigenvalue weighted by atomic mass is 10.0. The molecule has 0 spiro atoms. The Bertz CT molecular complexity index is 1100. The molecule has 0 atom stereocenters. The van der Waals surface area contributed by atoms with Gasteiger partial charge in [0, 0.05) is 5.56 Å². The molecule has 3 rings (SSSR count). The van der Waals surface area contributed by atoms with E-state index in [0.717, 1.165) is 17.5 Å². The largest absolute Gasteiger partial charge is 0.493 e. The molecular weight excluding hydrogens is 434 g/mol. The summed E-state index contributed by atoms with van der Waals surface area (Å²) in [6.07, 6.45) is 0.883. The molecule has 0 aromatic heterocycles. The van der Waals surface area contributed by atoms with Crippen molar-refractivity contribution >= 4 is 29.1 Å². The van der Waals surface area contributed by atoms with E-state index in [1.165, 1.54) is 0 Å². The van der Waals surface area contributed by atoms with Crippen molar-refractivity contribution in [1.29, 1.82) is 0 Å². The number of hydrogen-bond donors (Lipinski definition) is 3. The molecule has 0 aliphatic rings. The minimum atomic E-state index is -0.422. The van der Waals surface area contributed by atoms with Crippen LogP contribution in [0.5, 0.6) is 5.75 Å². The van der Waals surface area contributed by atoms with E-state index >= 15 is 0 Å². The minimum Gasteiger partial charge on any atom is -0.493 e. The molecule has 7 heteroatoms. The number of para-hydroxylation sites is 1. The van der Waals surface area contributed by atoms with Crippen LogP contribution in [-0.4, -0.2) is 23.5 Å². The van der Waals surface area contributed by atoms with Gasteiger partial charge in [0.1, 0.15) is 5.75 Å². The Labute approximate surface area is 199 Å². The molecule has 33 heavy (non-hydrogen) atoms. The Kier molecular flexibility index (Phi) is 8.55. The van der Waals surface area contributed by atoms with Gasteiger partial charge in [-0.2, -0.15) is 0 Å². The molecule has 0 unspecified atom stereocenters. The summed E-state index contributed by atoms with van der Waals surface area (Å²) in [6, 6.07) is 24.1. The SMILES string of the molecule is CC(C)CCOc1ccccc1C(=O)NC(=S)NNC(=O)c1ccc(-c2ccccc2)cc1. The monoisotopic (exact) mass is 461 g/mol. The van der Waals surface area contributed by atoms with Crippen molar-refractivity contribution in [2.45, 2.75) is 20.3 Å². The van der Waals surface area contributed by atoms with Crippen LogP contribution in [0.3, 0.4) is 0 Å². The molecule has 0 fully saturated rings. The van der Waals surface area contributed by atoms with Gasteiger partial charge < -0.3 is 4.74 Å². The smallest absolute Gasteiger partial charge is 0.269 e. The topological polar surface area (TPSA) is 79.5 Å². The molecule has 2 amide bonds. The molecule has 3 N–H and O–H groups in total. The van der Waals surface area contributed by atoms with E-state index in [0.29, 0.717) is 29.4 Å². The number of carbonyl (C=O) groups is 2. The Morgan fingerprint density at radius 3 is 2.15 bits per heavy atom. The molecule has 6 nitrogen and oxygen atoms in total. The van der Waals surface area contributed by atoms with Crippen LogP contribution in [0.1, 0.15) is 41.0 Å². The number of benzene rings is 3. The predicted octanol–water partition coefficient (Wildman–Crippen LogP) is 4.73. The third-order valence-electron chi connectivity index (χ3n) is 4.86. The zero-order chi connectivity index (χ0) is 23.6. The van der Waals surface area contributed by atoms with Crippen LogP contribution in [0.25, 0.3) is 11.1 Å². The number of ether oxygens (including phenoxy) is 1. The van der Waals surface area contributed by atoms with E-state index in [2.05, 4.69) is 30.0 Å². The third kappa shape index (κ3) is 7.15. The summed E-state index contributed by atoms with van der Waals surface area (Å²) < 4.78 is 5.75. The normalized spacial score (nSPS) is 10.4. The van der Waals surface area contributed by atoms with Crippen LogP contribution >= 0.6 is 12.2 Å². The van der Waals surface area contributed by atoms with Crippen LogP contribution in [-0.2, 0) is 0 Å². The van der Waals surface area contributed by atoms with Crippen LogP contribution in [0.4, 0.5) is 0 Å². The molecule has 0 saturated carbocycles. The molecule has 3 aromatic rings. The van der Waals surface area contributed by atoms with Crippen molar-refractivity contribution in [3.63, 3.8) is 0 Å². The minimum absolute atomic E-state index is 0.0220. The van der Waals surface area contributed by atoms with Gasteiger partial charge in [-0.15, -0.1) is 0 Å².